The molecular weight excluding hydrogens is 1000 g/mol. The van der Waals surface area contributed by atoms with Crippen LogP contribution in [0.2, 0.25) is 83.1 Å². The lowest BCUT2D eigenvalue weighted by Crippen LogP contribution is -2.57. The Hall–Kier alpha value is -1.04. The average Bonchev–Trinajstić information content (AvgIpc) is 3.29. The molecule has 11 nitrogen and oxygen atoms in total. The van der Waals surface area contributed by atoms with Gasteiger partial charge >= 0.3 is 68.5 Å². The molecule has 0 aromatic carbocycles. The van der Waals surface area contributed by atoms with Gasteiger partial charge in [-0.05, 0) is 83.1 Å². The van der Waals surface area contributed by atoms with Crippen LogP contribution in [-0.2, 0) is 47.1 Å². The summed E-state index contributed by atoms with van der Waals surface area (Å²) in [5, 5.41) is 0. The molecule has 0 rings (SSSR count). The predicted octanol–water partition coefficient (Wildman–Crippen LogP) is 15.2. The highest BCUT2D eigenvalue weighted by atomic mass is 28.5. The minimum absolute atomic E-state index is 0.454. The number of unbranched alkanes of at least 4 members (excludes halogenated alkanes) is 5. The fraction of sp³-hybridized carbons (Fsp3) is 0.640. The highest BCUT2D eigenvalue weighted by Gasteiger charge is 2.48. The summed E-state index contributed by atoms with van der Waals surface area (Å²) in [6.07, 6.45) is 21.1. The van der Waals surface area contributed by atoms with Gasteiger partial charge in [-0.2, -0.15) is 0 Å². The summed E-state index contributed by atoms with van der Waals surface area (Å²) in [6.45, 7) is 64.2. The van der Waals surface area contributed by atoms with Gasteiger partial charge < -0.3 is 47.1 Å². The molecule has 0 aromatic heterocycles. The molecule has 402 valence electrons. The molecule has 0 spiro atoms. The monoisotopic (exact) mass is 1100 g/mol. The molecule has 0 aliphatic heterocycles. The lowest BCUT2D eigenvalue weighted by Gasteiger charge is -2.41. The van der Waals surface area contributed by atoms with Crippen LogP contribution in [0.15, 0.2) is 113 Å². The van der Waals surface area contributed by atoms with Crippen molar-refractivity contribution in [2.45, 2.75) is 169 Å². The second-order valence-electron chi connectivity index (χ2n) is 18.5. The van der Waals surface area contributed by atoms with E-state index >= 15 is 0 Å². The van der Waals surface area contributed by atoms with Crippen molar-refractivity contribution in [3.63, 3.8) is 0 Å². The summed E-state index contributed by atoms with van der Waals surface area (Å²) < 4.78 is 68.2. The van der Waals surface area contributed by atoms with Gasteiger partial charge in [0.15, 0.2) is 0 Å². The summed E-state index contributed by atoms with van der Waals surface area (Å²) in [7, 11) is -19.1. The quantitative estimate of drug-likeness (QED) is 0.0331. The topological polar surface area (TPSA) is 102 Å². The standard InChI is InChI=1S/C22H46O4Si3.C15H32O4Si3.C13H26O3Si2/c1-9-14-15-16-17-18-22-29(8,25-27(6,13-5)23-19-10-2)26-28(7,21-12-4)24-20-11-3;1-9-13-16-21(7,12-4)18-20(5,6)19-22(8,15-11-3)17-14-10-2;1-7-11-14-17(5,10-4)16-18(6,13-9-3)15-12-8-2/h10-11,13H,2-3,5,9,12,14-22H2,1,4,6-8H3;9-10,12H,1-2,4,11,13-15H2,3,5-8H3;7-8,10H,1-2,4,9,11-13H2,3,5-6H3. The van der Waals surface area contributed by atoms with Crippen molar-refractivity contribution in [1.29, 1.82) is 0 Å². The fourth-order valence-corrected chi connectivity index (χ4v) is 38.6. The van der Waals surface area contributed by atoms with Crippen LogP contribution in [-0.4, -0.2) is 108 Å². The number of hydrogen-bond acceptors (Lipinski definition) is 11. The molecule has 7 unspecified atom stereocenters. The van der Waals surface area contributed by atoms with Gasteiger partial charge in [0.1, 0.15) is 0 Å². The zero-order chi connectivity index (χ0) is 53.6. The first-order valence-corrected chi connectivity index (χ1v) is 45.3. The van der Waals surface area contributed by atoms with E-state index in [0.29, 0.717) is 39.6 Å². The molecule has 0 N–H and O–H groups in total. The Balaban J connectivity index is -0.000000977. The lowest BCUT2D eigenvalue weighted by atomic mass is 10.1. The van der Waals surface area contributed by atoms with Gasteiger partial charge in [-0.25, -0.2) is 0 Å². The van der Waals surface area contributed by atoms with Gasteiger partial charge in [0, 0.05) is 0 Å². The van der Waals surface area contributed by atoms with E-state index < -0.39 is 68.5 Å². The largest absolute Gasteiger partial charge is 0.415 e. The molecule has 0 aromatic rings. The molecule has 0 aliphatic rings. The Bertz CT molecular complexity index is 1470. The SMILES string of the molecule is C=CCO[Si](C)(C=C)O[Si](C)(C)O[Si](C)(CCC)OCC=C.C=CCO[Si](C)(C=C)O[Si](C)(CCC)OCC=C.C=CCO[Si](C)(C=C)O[Si](C)(CCCCCCCC)O[Si](C)(CCC)OCC=C. The molecule has 7 atom stereocenters. The number of rotatable bonds is 44. The van der Waals surface area contributed by atoms with Gasteiger partial charge in [0.25, 0.3) is 0 Å². The second-order valence-corrected chi connectivity index (χ2v) is 45.5. The lowest BCUT2D eigenvalue weighted by molar-refractivity contribution is 0.218. The molecule has 0 heterocycles. The Morgan fingerprint density at radius 3 is 0.913 bits per heavy atom. The van der Waals surface area contributed by atoms with Gasteiger partial charge in [-0.1, -0.05) is 139 Å². The normalized spacial score (nSPS) is 17.5. The Kier molecular flexibility index (Phi) is 41.3. The Morgan fingerprint density at radius 2 is 0.580 bits per heavy atom. The first kappa shape index (κ1) is 72.2. The molecule has 19 heteroatoms. The van der Waals surface area contributed by atoms with Crippen molar-refractivity contribution in [3.05, 3.63) is 113 Å². The van der Waals surface area contributed by atoms with Crippen LogP contribution in [0, 0.1) is 0 Å². The first-order valence-electron chi connectivity index (χ1n) is 25.2. The minimum atomic E-state index is -2.54. The highest BCUT2D eigenvalue weighted by molar-refractivity contribution is 6.88. The van der Waals surface area contributed by atoms with E-state index in [1.165, 1.54) is 32.1 Å². The van der Waals surface area contributed by atoms with E-state index in [2.05, 4.69) is 113 Å². The van der Waals surface area contributed by atoms with Gasteiger partial charge in [0.2, 0.25) is 0 Å². The zero-order valence-corrected chi connectivity index (χ0v) is 54.5. The Morgan fingerprint density at radius 1 is 0.290 bits per heavy atom. The first-order chi connectivity index (χ1) is 32.3. The van der Waals surface area contributed by atoms with Crippen molar-refractivity contribution in [3.8, 4) is 0 Å². The van der Waals surface area contributed by atoms with Crippen molar-refractivity contribution in [2.75, 3.05) is 39.6 Å². The average molecular weight is 1110 g/mol. The summed E-state index contributed by atoms with van der Waals surface area (Å²) in [5.74, 6) is 0. The molecule has 0 saturated heterocycles. The second kappa shape index (κ2) is 39.4. The van der Waals surface area contributed by atoms with Gasteiger partial charge in [0.05, 0.1) is 39.6 Å². The molecule has 0 saturated carbocycles. The van der Waals surface area contributed by atoms with Crippen LogP contribution in [0.25, 0.3) is 0 Å². The van der Waals surface area contributed by atoms with E-state index in [-0.39, 0.29) is 0 Å². The van der Waals surface area contributed by atoms with Crippen molar-refractivity contribution in [2.24, 2.45) is 0 Å². The van der Waals surface area contributed by atoms with Crippen LogP contribution in [0.3, 0.4) is 0 Å². The van der Waals surface area contributed by atoms with Crippen LogP contribution in [0.1, 0.15) is 85.5 Å². The zero-order valence-electron chi connectivity index (χ0n) is 46.5. The summed E-state index contributed by atoms with van der Waals surface area (Å²) in [6, 6.07) is 3.77. The molecule has 0 fully saturated rings. The maximum Gasteiger partial charge on any atom is 0.352 e. The molecule has 69 heavy (non-hydrogen) atoms. The van der Waals surface area contributed by atoms with Crippen molar-refractivity contribution < 1.29 is 47.1 Å². The third kappa shape index (κ3) is 35.7. The van der Waals surface area contributed by atoms with E-state index in [0.717, 1.165) is 49.9 Å². The molecule has 0 radical (unpaired) electrons. The summed E-state index contributed by atoms with van der Waals surface area (Å²) >= 11 is 0. The minimum Gasteiger partial charge on any atom is -0.415 e. The van der Waals surface area contributed by atoms with Crippen LogP contribution in [0.4, 0.5) is 0 Å². The van der Waals surface area contributed by atoms with Crippen LogP contribution >= 0.6 is 0 Å². The summed E-state index contributed by atoms with van der Waals surface area (Å²) in [5.41, 5.74) is 5.45. The summed E-state index contributed by atoms with van der Waals surface area (Å²) in [4.78, 5) is 0. The van der Waals surface area contributed by atoms with Crippen molar-refractivity contribution in [1.82, 2.24) is 0 Å². The van der Waals surface area contributed by atoms with E-state index in [1.54, 1.807) is 47.9 Å². The third-order valence-electron chi connectivity index (χ3n) is 10.4. The third-order valence-corrected chi connectivity index (χ3v) is 40.1. The molecular formula is C50H104O11Si8. The molecule has 0 aliphatic carbocycles. The highest BCUT2D eigenvalue weighted by Crippen LogP contribution is 2.31. The Labute approximate surface area is 434 Å². The van der Waals surface area contributed by atoms with E-state index in [9.17, 15) is 0 Å². The van der Waals surface area contributed by atoms with Crippen molar-refractivity contribution >= 4 is 68.5 Å². The van der Waals surface area contributed by atoms with Gasteiger partial charge in [-0.15, -0.1) is 59.2 Å². The van der Waals surface area contributed by atoms with E-state index in [4.69, 9.17) is 47.1 Å². The fourth-order valence-electron chi connectivity index (χ4n) is 7.28. The number of hydrogen-bond donors (Lipinski definition) is 0. The van der Waals surface area contributed by atoms with Gasteiger partial charge in [-0.3, -0.25) is 0 Å². The molecule has 0 bridgehead atoms. The smallest absolute Gasteiger partial charge is 0.352 e. The van der Waals surface area contributed by atoms with E-state index in [1.807, 2.05) is 38.4 Å². The maximum atomic E-state index is 6.84. The molecule has 0 amide bonds. The van der Waals surface area contributed by atoms with Crippen LogP contribution < -0.4 is 0 Å². The maximum absolute atomic E-state index is 6.84. The van der Waals surface area contributed by atoms with Crippen LogP contribution in [0.5, 0.6) is 0 Å². The predicted molar refractivity (Wildman–Crippen MR) is 315 cm³/mol.